The number of aliphatic hydroxyl groups excluding tert-OH is 1. The Morgan fingerprint density at radius 3 is 2.12 bits per heavy atom. The summed E-state index contributed by atoms with van der Waals surface area (Å²) >= 11 is 0. The molecule has 16 heavy (non-hydrogen) atoms. The van der Waals surface area contributed by atoms with Gasteiger partial charge in [0, 0.05) is 5.92 Å². The topological polar surface area (TPSA) is 20.2 Å². The zero-order valence-corrected chi connectivity index (χ0v) is 11.4. The van der Waals surface area contributed by atoms with Gasteiger partial charge in [-0.25, -0.2) is 0 Å². The lowest BCUT2D eigenvalue weighted by atomic mass is 9.89. The molecule has 2 atom stereocenters. The van der Waals surface area contributed by atoms with Crippen LogP contribution in [0, 0.1) is 11.8 Å². The van der Waals surface area contributed by atoms with Crippen LogP contribution in [0.4, 0.5) is 0 Å². The van der Waals surface area contributed by atoms with Gasteiger partial charge in [0.2, 0.25) is 0 Å². The van der Waals surface area contributed by atoms with Crippen molar-refractivity contribution in [1.29, 1.82) is 0 Å². The highest BCUT2D eigenvalue weighted by Gasteiger charge is 2.18. The van der Waals surface area contributed by atoms with Gasteiger partial charge in [-0.15, -0.1) is 6.58 Å². The van der Waals surface area contributed by atoms with Crippen LogP contribution in [0.15, 0.2) is 12.7 Å². The maximum atomic E-state index is 9.96. The Hall–Kier alpha value is -0.300. The van der Waals surface area contributed by atoms with Gasteiger partial charge >= 0.3 is 0 Å². The molecule has 0 aliphatic rings. The summed E-state index contributed by atoms with van der Waals surface area (Å²) in [5.41, 5.74) is 0. The molecule has 96 valence electrons. The van der Waals surface area contributed by atoms with E-state index in [-0.39, 0.29) is 12.0 Å². The van der Waals surface area contributed by atoms with Crippen LogP contribution < -0.4 is 0 Å². The second-order valence-corrected chi connectivity index (χ2v) is 5.19. The summed E-state index contributed by atoms with van der Waals surface area (Å²) in [4.78, 5) is 0. The maximum absolute atomic E-state index is 9.96. The Morgan fingerprint density at radius 2 is 1.62 bits per heavy atom. The van der Waals surface area contributed by atoms with Crippen LogP contribution in [0.5, 0.6) is 0 Å². The van der Waals surface area contributed by atoms with Gasteiger partial charge in [0.15, 0.2) is 0 Å². The molecule has 0 saturated carbocycles. The molecule has 0 heterocycles. The van der Waals surface area contributed by atoms with E-state index in [9.17, 15) is 5.11 Å². The Kier molecular flexibility index (Phi) is 9.71. The summed E-state index contributed by atoms with van der Waals surface area (Å²) < 4.78 is 0. The van der Waals surface area contributed by atoms with Gasteiger partial charge in [-0.2, -0.15) is 0 Å². The monoisotopic (exact) mass is 226 g/mol. The van der Waals surface area contributed by atoms with E-state index in [2.05, 4.69) is 27.4 Å². The molecule has 0 unspecified atom stereocenters. The fraction of sp³-hybridized carbons (Fsp3) is 0.867. The highest BCUT2D eigenvalue weighted by molar-refractivity contribution is 4.85. The van der Waals surface area contributed by atoms with Crippen molar-refractivity contribution in [3.05, 3.63) is 12.7 Å². The Labute approximate surface area is 102 Å². The third kappa shape index (κ3) is 7.05. The largest absolute Gasteiger partial charge is 0.392 e. The minimum atomic E-state index is -0.215. The SMILES string of the molecule is C=C[C@H](CCCCCCCC)[C@H](O)C(C)C. The quantitative estimate of drug-likeness (QED) is 0.428. The van der Waals surface area contributed by atoms with E-state index in [0.717, 1.165) is 6.42 Å². The lowest BCUT2D eigenvalue weighted by Crippen LogP contribution is -2.24. The van der Waals surface area contributed by atoms with Crippen molar-refractivity contribution in [2.75, 3.05) is 0 Å². The molecule has 0 saturated heterocycles. The Morgan fingerprint density at radius 1 is 1.06 bits per heavy atom. The summed E-state index contributed by atoms with van der Waals surface area (Å²) in [6, 6.07) is 0. The molecule has 0 spiro atoms. The molecule has 0 aromatic rings. The number of aliphatic hydroxyl groups is 1. The average molecular weight is 226 g/mol. The first-order chi connectivity index (χ1) is 7.63. The van der Waals surface area contributed by atoms with Gasteiger partial charge in [0.05, 0.1) is 6.10 Å². The number of hydrogen-bond acceptors (Lipinski definition) is 1. The summed E-state index contributed by atoms with van der Waals surface area (Å²) in [6.07, 6.45) is 10.7. The van der Waals surface area contributed by atoms with Crippen LogP contribution in [0.25, 0.3) is 0 Å². The minimum Gasteiger partial charge on any atom is -0.392 e. The highest BCUT2D eigenvalue weighted by atomic mass is 16.3. The molecule has 0 rings (SSSR count). The van der Waals surface area contributed by atoms with Crippen LogP contribution in [-0.2, 0) is 0 Å². The van der Waals surface area contributed by atoms with Gasteiger partial charge < -0.3 is 5.11 Å². The lowest BCUT2D eigenvalue weighted by molar-refractivity contribution is 0.0795. The lowest BCUT2D eigenvalue weighted by Gasteiger charge is -2.22. The Bertz CT molecular complexity index is 163. The third-order valence-electron chi connectivity index (χ3n) is 3.32. The van der Waals surface area contributed by atoms with Crippen LogP contribution in [0.1, 0.15) is 65.7 Å². The van der Waals surface area contributed by atoms with Crippen LogP contribution in [0.2, 0.25) is 0 Å². The zero-order chi connectivity index (χ0) is 12.4. The van der Waals surface area contributed by atoms with Gasteiger partial charge in [-0.3, -0.25) is 0 Å². The average Bonchev–Trinajstić information content (AvgIpc) is 2.27. The zero-order valence-electron chi connectivity index (χ0n) is 11.4. The van der Waals surface area contributed by atoms with Crippen molar-refractivity contribution in [3.63, 3.8) is 0 Å². The van der Waals surface area contributed by atoms with Crippen molar-refractivity contribution >= 4 is 0 Å². The first-order valence-corrected chi connectivity index (χ1v) is 6.94. The molecule has 0 aliphatic carbocycles. The van der Waals surface area contributed by atoms with E-state index in [1.807, 2.05) is 6.08 Å². The molecule has 1 N–H and O–H groups in total. The van der Waals surface area contributed by atoms with E-state index in [0.29, 0.717) is 5.92 Å². The van der Waals surface area contributed by atoms with Crippen molar-refractivity contribution < 1.29 is 5.11 Å². The standard InChI is InChI=1S/C15H30O/c1-5-7-8-9-10-11-12-14(6-2)15(16)13(3)4/h6,13-16H,2,5,7-12H2,1,3-4H3/t14-,15-/m1/s1. The van der Waals surface area contributed by atoms with Crippen LogP contribution in [0.3, 0.4) is 0 Å². The fourth-order valence-corrected chi connectivity index (χ4v) is 2.08. The molecule has 0 fully saturated rings. The van der Waals surface area contributed by atoms with Gasteiger partial charge in [-0.05, 0) is 12.3 Å². The molecular formula is C15H30O. The van der Waals surface area contributed by atoms with Gasteiger partial charge in [-0.1, -0.05) is 65.4 Å². The summed E-state index contributed by atoms with van der Waals surface area (Å²) in [5, 5.41) is 9.96. The second kappa shape index (κ2) is 9.89. The molecule has 0 radical (unpaired) electrons. The fourth-order valence-electron chi connectivity index (χ4n) is 2.08. The van der Waals surface area contributed by atoms with Crippen molar-refractivity contribution in [1.82, 2.24) is 0 Å². The van der Waals surface area contributed by atoms with Crippen LogP contribution >= 0.6 is 0 Å². The summed E-state index contributed by atoms with van der Waals surface area (Å²) in [5.74, 6) is 0.620. The number of rotatable bonds is 10. The molecule has 0 bridgehead atoms. The van der Waals surface area contributed by atoms with Crippen molar-refractivity contribution in [2.45, 2.75) is 71.8 Å². The van der Waals surface area contributed by atoms with E-state index < -0.39 is 0 Å². The van der Waals surface area contributed by atoms with Gasteiger partial charge in [0.1, 0.15) is 0 Å². The smallest absolute Gasteiger partial charge is 0.0625 e. The normalized spacial score (nSPS) is 15.1. The molecule has 1 heteroatoms. The summed E-state index contributed by atoms with van der Waals surface area (Å²) in [7, 11) is 0. The van der Waals surface area contributed by atoms with E-state index in [1.54, 1.807) is 0 Å². The highest BCUT2D eigenvalue weighted by Crippen LogP contribution is 2.20. The molecule has 1 nitrogen and oxygen atoms in total. The maximum Gasteiger partial charge on any atom is 0.0625 e. The second-order valence-electron chi connectivity index (χ2n) is 5.19. The first-order valence-electron chi connectivity index (χ1n) is 6.94. The molecule has 0 aliphatic heterocycles. The molecular weight excluding hydrogens is 196 g/mol. The molecule has 0 aromatic heterocycles. The number of unbranched alkanes of at least 4 members (excludes halogenated alkanes) is 5. The van der Waals surface area contributed by atoms with E-state index >= 15 is 0 Å². The first kappa shape index (κ1) is 15.7. The summed E-state index contributed by atoms with van der Waals surface area (Å²) in [6.45, 7) is 10.2. The molecule has 0 amide bonds. The predicted molar refractivity (Wildman–Crippen MR) is 72.5 cm³/mol. The minimum absolute atomic E-state index is 0.215. The van der Waals surface area contributed by atoms with E-state index in [1.165, 1.54) is 38.5 Å². The Balaban J connectivity index is 3.59. The third-order valence-corrected chi connectivity index (χ3v) is 3.32. The molecule has 0 aromatic carbocycles. The van der Waals surface area contributed by atoms with Crippen LogP contribution in [-0.4, -0.2) is 11.2 Å². The van der Waals surface area contributed by atoms with E-state index in [4.69, 9.17) is 0 Å². The van der Waals surface area contributed by atoms with Gasteiger partial charge in [0.25, 0.3) is 0 Å². The predicted octanol–water partition coefficient (Wildman–Crippen LogP) is 4.56. The van der Waals surface area contributed by atoms with Crippen molar-refractivity contribution in [2.24, 2.45) is 11.8 Å². The van der Waals surface area contributed by atoms with Crippen molar-refractivity contribution in [3.8, 4) is 0 Å². The number of hydrogen-bond donors (Lipinski definition) is 1.